The van der Waals surface area contributed by atoms with Gasteiger partial charge in [-0.25, -0.2) is 4.98 Å². The van der Waals surface area contributed by atoms with Gasteiger partial charge in [-0.05, 0) is 24.7 Å². The van der Waals surface area contributed by atoms with E-state index in [2.05, 4.69) is 36.8 Å². The lowest BCUT2D eigenvalue weighted by Crippen LogP contribution is -2.22. The number of oxazole rings is 1. The third-order valence-corrected chi connectivity index (χ3v) is 3.38. The minimum Gasteiger partial charge on any atom is -0.493 e. The number of hydrogen-bond acceptors (Lipinski definition) is 5. The van der Waals surface area contributed by atoms with Crippen molar-refractivity contribution < 1.29 is 13.9 Å². The van der Waals surface area contributed by atoms with Crippen LogP contribution in [0.2, 0.25) is 0 Å². The van der Waals surface area contributed by atoms with Crippen LogP contribution in [-0.4, -0.2) is 44.3 Å². The number of hydrogen-bond donors (Lipinski definition) is 0. The first-order valence-electron chi connectivity index (χ1n) is 7.20. The van der Waals surface area contributed by atoms with Crippen molar-refractivity contribution in [2.45, 2.75) is 26.3 Å². The normalized spacial score (nSPS) is 11.8. The number of rotatable bonds is 7. The highest BCUT2D eigenvalue weighted by atomic mass is 16.5. The molecule has 0 radical (unpaired) electrons. The molecule has 2 rings (SSSR count). The van der Waals surface area contributed by atoms with Crippen LogP contribution in [0.4, 0.5) is 0 Å². The summed E-state index contributed by atoms with van der Waals surface area (Å²) in [6, 6.07) is 4.08. The second-order valence-electron chi connectivity index (χ2n) is 5.58. The zero-order valence-corrected chi connectivity index (χ0v) is 13.5. The second kappa shape index (κ2) is 6.91. The summed E-state index contributed by atoms with van der Waals surface area (Å²) in [6.45, 7) is 6.55. The first kappa shape index (κ1) is 15.8. The first-order chi connectivity index (χ1) is 10.0. The highest BCUT2D eigenvalue weighted by Gasteiger charge is 2.15. The maximum Gasteiger partial charge on any atom is 0.198 e. The Kier molecular flexibility index (Phi) is 5.20. The Morgan fingerprint density at radius 2 is 2.05 bits per heavy atom. The Morgan fingerprint density at radius 3 is 2.67 bits per heavy atom. The molecule has 5 nitrogen and oxygen atoms in total. The molecule has 0 aliphatic carbocycles. The third kappa shape index (κ3) is 3.74. The molecular weight excluding hydrogens is 268 g/mol. The van der Waals surface area contributed by atoms with E-state index in [0.717, 1.165) is 48.0 Å². The molecule has 0 amide bonds. The molecule has 0 bridgehead atoms. The monoisotopic (exact) mass is 292 g/mol. The summed E-state index contributed by atoms with van der Waals surface area (Å²) < 4.78 is 16.4. The van der Waals surface area contributed by atoms with Gasteiger partial charge in [-0.2, -0.15) is 0 Å². The van der Waals surface area contributed by atoms with E-state index in [-0.39, 0.29) is 5.92 Å². The summed E-state index contributed by atoms with van der Waals surface area (Å²) >= 11 is 0. The van der Waals surface area contributed by atoms with Gasteiger partial charge in [0.15, 0.2) is 17.2 Å². The van der Waals surface area contributed by atoms with Gasteiger partial charge >= 0.3 is 0 Å². The third-order valence-electron chi connectivity index (χ3n) is 3.38. The van der Waals surface area contributed by atoms with Crippen molar-refractivity contribution in [3.63, 3.8) is 0 Å². The molecule has 0 aliphatic heterocycles. The van der Waals surface area contributed by atoms with E-state index >= 15 is 0 Å². The quantitative estimate of drug-likeness (QED) is 0.785. The Hall–Kier alpha value is -1.59. The molecule has 0 saturated carbocycles. The fourth-order valence-electron chi connectivity index (χ4n) is 2.20. The van der Waals surface area contributed by atoms with E-state index in [1.54, 1.807) is 14.2 Å². The van der Waals surface area contributed by atoms with Gasteiger partial charge in [0.1, 0.15) is 5.52 Å². The maximum atomic E-state index is 5.81. The Balaban J connectivity index is 2.29. The first-order valence-corrected chi connectivity index (χ1v) is 7.20. The van der Waals surface area contributed by atoms with Crippen molar-refractivity contribution in [1.29, 1.82) is 0 Å². The van der Waals surface area contributed by atoms with E-state index in [1.807, 2.05) is 6.07 Å². The SMILES string of the molecule is COCCN(C)Cc1cc(OC)c2oc(C(C)C)nc2c1. The molecular formula is C16H24N2O3. The molecule has 0 N–H and O–H groups in total. The molecule has 0 atom stereocenters. The second-order valence-corrected chi connectivity index (χ2v) is 5.58. The molecule has 0 saturated heterocycles. The predicted molar refractivity (Wildman–Crippen MR) is 82.9 cm³/mol. The van der Waals surface area contributed by atoms with Crippen LogP contribution >= 0.6 is 0 Å². The van der Waals surface area contributed by atoms with Crippen LogP contribution in [0.1, 0.15) is 31.2 Å². The van der Waals surface area contributed by atoms with Crippen molar-refractivity contribution in [1.82, 2.24) is 9.88 Å². The molecule has 0 aliphatic rings. The largest absolute Gasteiger partial charge is 0.493 e. The van der Waals surface area contributed by atoms with Crippen molar-refractivity contribution in [2.75, 3.05) is 34.4 Å². The molecule has 116 valence electrons. The highest BCUT2D eigenvalue weighted by molar-refractivity contribution is 5.80. The van der Waals surface area contributed by atoms with Gasteiger partial charge in [-0.1, -0.05) is 13.8 Å². The topological polar surface area (TPSA) is 47.7 Å². The fraction of sp³-hybridized carbons (Fsp3) is 0.562. The summed E-state index contributed by atoms with van der Waals surface area (Å²) in [5, 5.41) is 0. The van der Waals surface area contributed by atoms with Gasteiger partial charge in [0.05, 0.1) is 13.7 Å². The average molecular weight is 292 g/mol. The van der Waals surface area contributed by atoms with Crippen LogP contribution in [0.15, 0.2) is 16.5 Å². The van der Waals surface area contributed by atoms with Crippen molar-refractivity contribution >= 4 is 11.1 Å². The average Bonchev–Trinajstić information content (AvgIpc) is 2.88. The van der Waals surface area contributed by atoms with Gasteiger partial charge in [0, 0.05) is 26.1 Å². The van der Waals surface area contributed by atoms with Gasteiger partial charge in [-0.3, -0.25) is 4.90 Å². The van der Waals surface area contributed by atoms with E-state index in [9.17, 15) is 0 Å². The molecule has 0 spiro atoms. The van der Waals surface area contributed by atoms with Gasteiger partial charge in [-0.15, -0.1) is 0 Å². The summed E-state index contributed by atoms with van der Waals surface area (Å²) in [4.78, 5) is 6.76. The van der Waals surface area contributed by atoms with E-state index in [1.165, 1.54) is 0 Å². The summed E-state index contributed by atoms with van der Waals surface area (Å²) in [6.07, 6.45) is 0. The molecule has 5 heteroatoms. The van der Waals surface area contributed by atoms with Crippen molar-refractivity contribution in [2.24, 2.45) is 0 Å². The van der Waals surface area contributed by atoms with Crippen molar-refractivity contribution in [3.8, 4) is 5.75 Å². The Labute approximate surface area is 125 Å². The molecule has 0 fully saturated rings. The number of aromatic nitrogens is 1. The lowest BCUT2D eigenvalue weighted by atomic mass is 10.2. The van der Waals surface area contributed by atoms with Crippen LogP contribution in [0.5, 0.6) is 5.75 Å². The maximum absolute atomic E-state index is 5.81. The van der Waals surface area contributed by atoms with Gasteiger partial charge in [0.25, 0.3) is 0 Å². The van der Waals surface area contributed by atoms with Crippen molar-refractivity contribution in [3.05, 3.63) is 23.6 Å². The zero-order valence-electron chi connectivity index (χ0n) is 13.5. The number of methoxy groups -OCH3 is 2. The number of nitrogens with zero attached hydrogens (tertiary/aromatic N) is 2. The van der Waals surface area contributed by atoms with Crippen LogP contribution in [0, 0.1) is 0 Å². The highest BCUT2D eigenvalue weighted by Crippen LogP contribution is 2.30. The number of benzene rings is 1. The van der Waals surface area contributed by atoms with E-state index in [4.69, 9.17) is 13.9 Å². The van der Waals surface area contributed by atoms with Gasteiger partial charge in [0.2, 0.25) is 0 Å². The summed E-state index contributed by atoms with van der Waals surface area (Å²) in [5.74, 6) is 1.74. The Bertz CT molecular complexity index is 592. The molecule has 1 aromatic carbocycles. The minimum atomic E-state index is 0.259. The van der Waals surface area contributed by atoms with Crippen LogP contribution in [-0.2, 0) is 11.3 Å². The summed E-state index contributed by atoms with van der Waals surface area (Å²) in [5.41, 5.74) is 2.74. The molecule has 21 heavy (non-hydrogen) atoms. The van der Waals surface area contributed by atoms with Crippen LogP contribution in [0.3, 0.4) is 0 Å². The predicted octanol–water partition coefficient (Wildman–Crippen LogP) is 3.04. The number of ether oxygens (including phenoxy) is 2. The number of likely N-dealkylation sites (N-methyl/N-ethyl adjacent to an activating group) is 1. The van der Waals surface area contributed by atoms with Gasteiger partial charge < -0.3 is 13.9 Å². The fourth-order valence-corrected chi connectivity index (χ4v) is 2.20. The Morgan fingerprint density at radius 1 is 1.29 bits per heavy atom. The number of fused-ring (bicyclic) bond motifs is 1. The molecule has 1 aromatic heterocycles. The lowest BCUT2D eigenvalue weighted by molar-refractivity contribution is 0.158. The summed E-state index contributed by atoms with van der Waals surface area (Å²) in [7, 11) is 5.44. The minimum absolute atomic E-state index is 0.259. The molecule has 0 unspecified atom stereocenters. The molecule has 1 heterocycles. The smallest absolute Gasteiger partial charge is 0.198 e. The van der Waals surface area contributed by atoms with Crippen LogP contribution in [0.25, 0.3) is 11.1 Å². The van der Waals surface area contributed by atoms with E-state index in [0.29, 0.717) is 0 Å². The molecule has 2 aromatic rings. The zero-order chi connectivity index (χ0) is 15.4. The van der Waals surface area contributed by atoms with Crippen LogP contribution < -0.4 is 4.74 Å². The standard InChI is InChI=1S/C16H24N2O3/c1-11(2)16-17-13-8-12(10-18(3)6-7-19-4)9-14(20-5)15(13)21-16/h8-9,11H,6-7,10H2,1-5H3. The van der Waals surface area contributed by atoms with E-state index < -0.39 is 0 Å². The lowest BCUT2D eigenvalue weighted by Gasteiger charge is -2.16.